The van der Waals surface area contributed by atoms with Gasteiger partial charge in [0, 0.05) is 19.1 Å². The van der Waals surface area contributed by atoms with Crippen LogP contribution in [-0.2, 0) is 6.54 Å². The van der Waals surface area contributed by atoms with Crippen LogP contribution in [0.15, 0.2) is 18.2 Å². The van der Waals surface area contributed by atoms with Crippen LogP contribution in [0.1, 0.15) is 31.2 Å². The predicted octanol–water partition coefficient (Wildman–Crippen LogP) is 2.80. The molecule has 2 aliphatic rings. The van der Waals surface area contributed by atoms with Gasteiger partial charge < -0.3 is 10.1 Å². The first-order valence-electron chi connectivity index (χ1n) is 8.04. The third kappa shape index (κ3) is 3.55. The molecule has 2 saturated heterocycles. The van der Waals surface area contributed by atoms with Gasteiger partial charge in [0.2, 0.25) is 0 Å². The lowest BCUT2D eigenvalue weighted by molar-refractivity contribution is 0.145. The molecule has 0 radical (unpaired) electrons. The minimum absolute atomic E-state index is 0.263. The number of hydrogen-bond donors (Lipinski definition) is 1. The van der Waals surface area contributed by atoms with E-state index in [1.54, 1.807) is 12.1 Å². The van der Waals surface area contributed by atoms with E-state index in [0.29, 0.717) is 11.8 Å². The molecule has 0 aromatic heterocycles. The van der Waals surface area contributed by atoms with Gasteiger partial charge in [-0.2, -0.15) is 0 Å². The quantitative estimate of drug-likeness (QED) is 0.923. The zero-order chi connectivity index (χ0) is 14.7. The van der Waals surface area contributed by atoms with Gasteiger partial charge in [0.15, 0.2) is 11.6 Å². The molecule has 0 spiro atoms. The number of methoxy groups -OCH3 is 1. The van der Waals surface area contributed by atoms with Crippen molar-refractivity contribution in [1.29, 1.82) is 0 Å². The Balaban J connectivity index is 1.60. The number of piperidine rings is 1. The van der Waals surface area contributed by atoms with Gasteiger partial charge in [-0.15, -0.1) is 0 Å². The van der Waals surface area contributed by atoms with Crippen LogP contribution in [0.5, 0.6) is 5.75 Å². The van der Waals surface area contributed by atoms with Crippen molar-refractivity contribution in [3.63, 3.8) is 0 Å². The van der Waals surface area contributed by atoms with E-state index in [9.17, 15) is 4.39 Å². The summed E-state index contributed by atoms with van der Waals surface area (Å²) in [5.41, 5.74) is 1.04. The molecule has 2 aliphatic heterocycles. The normalized spacial score (nSPS) is 27.0. The smallest absolute Gasteiger partial charge is 0.165 e. The van der Waals surface area contributed by atoms with Crippen molar-refractivity contribution < 1.29 is 9.13 Å². The molecular formula is C17H25FN2O. The number of rotatable bonds is 4. The highest BCUT2D eigenvalue weighted by Gasteiger charge is 2.28. The summed E-state index contributed by atoms with van der Waals surface area (Å²) in [5, 5.41) is 3.63. The Hall–Kier alpha value is -1.13. The summed E-state index contributed by atoms with van der Waals surface area (Å²) in [5.74, 6) is 0.816. The fourth-order valence-electron chi connectivity index (χ4n) is 3.74. The molecule has 1 aromatic carbocycles. The number of nitrogens with zero attached hydrogens (tertiary/aromatic N) is 1. The topological polar surface area (TPSA) is 24.5 Å². The first kappa shape index (κ1) is 14.8. The Labute approximate surface area is 126 Å². The van der Waals surface area contributed by atoms with E-state index in [0.717, 1.165) is 31.1 Å². The van der Waals surface area contributed by atoms with Gasteiger partial charge in [-0.3, -0.25) is 4.90 Å². The third-order valence-corrected chi connectivity index (χ3v) is 4.83. The van der Waals surface area contributed by atoms with Crippen molar-refractivity contribution in [2.75, 3.05) is 26.7 Å². The van der Waals surface area contributed by atoms with Crippen LogP contribution in [0.4, 0.5) is 4.39 Å². The van der Waals surface area contributed by atoms with E-state index < -0.39 is 0 Å². The van der Waals surface area contributed by atoms with Crippen LogP contribution >= 0.6 is 0 Å². The minimum atomic E-state index is -0.263. The van der Waals surface area contributed by atoms with E-state index in [4.69, 9.17) is 4.74 Å². The lowest BCUT2D eigenvalue weighted by Crippen LogP contribution is -2.43. The Morgan fingerprint density at radius 2 is 2.24 bits per heavy atom. The zero-order valence-corrected chi connectivity index (χ0v) is 12.8. The average Bonchev–Trinajstić information content (AvgIpc) is 3.02. The summed E-state index contributed by atoms with van der Waals surface area (Å²) in [6.07, 6.45) is 5.20. The van der Waals surface area contributed by atoms with E-state index in [1.807, 2.05) is 6.07 Å². The van der Waals surface area contributed by atoms with Crippen LogP contribution in [0.3, 0.4) is 0 Å². The fraction of sp³-hybridized carbons (Fsp3) is 0.647. The monoisotopic (exact) mass is 292 g/mol. The highest BCUT2D eigenvalue weighted by molar-refractivity contribution is 5.29. The Morgan fingerprint density at radius 3 is 2.95 bits per heavy atom. The van der Waals surface area contributed by atoms with Gasteiger partial charge in [-0.1, -0.05) is 6.07 Å². The molecule has 116 valence electrons. The minimum Gasteiger partial charge on any atom is -0.494 e. The lowest BCUT2D eigenvalue weighted by atomic mass is 9.89. The average molecular weight is 292 g/mol. The fourth-order valence-corrected chi connectivity index (χ4v) is 3.74. The van der Waals surface area contributed by atoms with E-state index in [2.05, 4.69) is 10.2 Å². The molecule has 1 N–H and O–H groups in total. The summed E-state index contributed by atoms with van der Waals surface area (Å²) in [6.45, 7) is 4.26. The SMILES string of the molecule is COc1ccc(CN2CCCC(C3CCCN3)C2)cc1F. The molecule has 2 unspecified atom stereocenters. The maximum Gasteiger partial charge on any atom is 0.165 e. The third-order valence-electron chi connectivity index (χ3n) is 4.83. The highest BCUT2D eigenvalue weighted by Crippen LogP contribution is 2.26. The highest BCUT2D eigenvalue weighted by atomic mass is 19.1. The van der Waals surface area contributed by atoms with Gasteiger partial charge in [0.25, 0.3) is 0 Å². The number of benzene rings is 1. The number of halogens is 1. The molecule has 3 nitrogen and oxygen atoms in total. The summed E-state index contributed by atoms with van der Waals surface area (Å²) in [4.78, 5) is 2.47. The van der Waals surface area contributed by atoms with Gasteiger partial charge in [0.05, 0.1) is 7.11 Å². The van der Waals surface area contributed by atoms with E-state index in [-0.39, 0.29) is 5.82 Å². The second-order valence-electron chi connectivity index (χ2n) is 6.31. The Kier molecular flexibility index (Phi) is 4.76. The van der Waals surface area contributed by atoms with Crippen LogP contribution in [0.25, 0.3) is 0 Å². The predicted molar refractivity (Wildman–Crippen MR) is 82.0 cm³/mol. The molecule has 4 heteroatoms. The molecule has 0 aliphatic carbocycles. The standard InChI is InChI=1S/C17H25FN2O/c1-21-17-7-6-13(10-15(17)18)11-20-9-3-4-14(12-20)16-5-2-8-19-16/h6-7,10,14,16,19H,2-5,8-9,11-12H2,1H3. The summed E-state index contributed by atoms with van der Waals surface area (Å²) >= 11 is 0. The van der Waals surface area contributed by atoms with Crippen molar-refractivity contribution in [3.8, 4) is 5.75 Å². The lowest BCUT2D eigenvalue weighted by Gasteiger charge is -2.35. The molecule has 3 rings (SSSR count). The van der Waals surface area contributed by atoms with Gasteiger partial charge in [-0.25, -0.2) is 4.39 Å². The number of nitrogens with one attached hydrogen (secondary N) is 1. The molecular weight excluding hydrogens is 267 g/mol. The molecule has 2 atom stereocenters. The van der Waals surface area contributed by atoms with Crippen LogP contribution < -0.4 is 10.1 Å². The summed E-state index contributed by atoms with van der Waals surface area (Å²) < 4.78 is 18.8. The van der Waals surface area contributed by atoms with Gasteiger partial charge >= 0.3 is 0 Å². The summed E-state index contributed by atoms with van der Waals surface area (Å²) in [6, 6.07) is 6.00. The first-order chi connectivity index (χ1) is 10.3. The number of ether oxygens (including phenoxy) is 1. The molecule has 21 heavy (non-hydrogen) atoms. The van der Waals surface area contributed by atoms with E-state index in [1.165, 1.54) is 39.3 Å². The number of likely N-dealkylation sites (tertiary alicyclic amines) is 1. The molecule has 2 fully saturated rings. The zero-order valence-electron chi connectivity index (χ0n) is 12.8. The van der Waals surface area contributed by atoms with Crippen molar-refractivity contribution >= 4 is 0 Å². The second-order valence-corrected chi connectivity index (χ2v) is 6.31. The first-order valence-corrected chi connectivity index (χ1v) is 8.04. The van der Waals surface area contributed by atoms with Crippen LogP contribution in [-0.4, -0.2) is 37.7 Å². The summed E-state index contributed by atoms with van der Waals surface area (Å²) in [7, 11) is 1.50. The van der Waals surface area contributed by atoms with Crippen molar-refractivity contribution in [3.05, 3.63) is 29.6 Å². The Morgan fingerprint density at radius 1 is 1.33 bits per heavy atom. The number of hydrogen-bond acceptors (Lipinski definition) is 3. The van der Waals surface area contributed by atoms with Crippen molar-refractivity contribution in [2.24, 2.45) is 5.92 Å². The van der Waals surface area contributed by atoms with Crippen LogP contribution in [0, 0.1) is 11.7 Å². The molecule has 0 bridgehead atoms. The molecule has 1 aromatic rings. The van der Waals surface area contributed by atoms with E-state index >= 15 is 0 Å². The van der Waals surface area contributed by atoms with Gasteiger partial charge in [-0.05, 0) is 62.4 Å². The Bertz CT molecular complexity index is 474. The van der Waals surface area contributed by atoms with Crippen molar-refractivity contribution in [2.45, 2.75) is 38.3 Å². The second kappa shape index (κ2) is 6.75. The molecule has 0 saturated carbocycles. The maximum absolute atomic E-state index is 13.8. The van der Waals surface area contributed by atoms with Crippen LogP contribution in [0.2, 0.25) is 0 Å². The van der Waals surface area contributed by atoms with Gasteiger partial charge in [0.1, 0.15) is 0 Å². The molecule has 0 amide bonds. The largest absolute Gasteiger partial charge is 0.494 e. The maximum atomic E-state index is 13.8. The van der Waals surface area contributed by atoms with Crippen molar-refractivity contribution in [1.82, 2.24) is 10.2 Å². The molecule has 2 heterocycles.